The first-order valence-corrected chi connectivity index (χ1v) is 10.3. The van der Waals surface area contributed by atoms with Gasteiger partial charge < -0.3 is 10.8 Å². The topological polar surface area (TPSA) is 140 Å². The number of nitrogens with one attached hydrogen (secondary N) is 1. The second-order valence-corrected chi connectivity index (χ2v) is 7.59. The number of aryl methyl sites for hydroxylation is 1. The molecule has 1 aromatic carbocycles. The molecule has 10 nitrogen and oxygen atoms in total. The van der Waals surface area contributed by atoms with Crippen LogP contribution in [0.3, 0.4) is 0 Å². The molecule has 0 unspecified atom stereocenters. The average molecular weight is 441 g/mol. The number of aromatic nitrogens is 7. The zero-order valence-electron chi connectivity index (χ0n) is 17.8. The average Bonchev–Trinajstić information content (AvgIpc) is 3.15. The van der Waals surface area contributed by atoms with Crippen LogP contribution in [0.2, 0.25) is 0 Å². The Morgan fingerprint density at radius 3 is 2.61 bits per heavy atom. The molecule has 0 saturated heterocycles. The molecule has 0 spiro atoms. The summed E-state index contributed by atoms with van der Waals surface area (Å²) in [6.45, 7) is 1.82. The molecule has 5 aromatic rings. The summed E-state index contributed by atoms with van der Waals surface area (Å²) in [6.07, 6.45) is 1.57. The predicted octanol–water partition coefficient (Wildman–Crippen LogP) is 1.26. The minimum Gasteiger partial charge on any atom is -0.390 e. The Bertz CT molecular complexity index is 1510. The van der Waals surface area contributed by atoms with Crippen molar-refractivity contribution < 1.29 is 9.51 Å². The summed E-state index contributed by atoms with van der Waals surface area (Å²) in [5.74, 6) is 0.0555. The Morgan fingerprint density at radius 1 is 1.06 bits per heavy atom. The van der Waals surface area contributed by atoms with E-state index in [4.69, 9.17) is 5.73 Å². The third-order valence-corrected chi connectivity index (χ3v) is 5.27. The molecule has 164 valence electrons. The SMILES string of the molecule is Cc1cc(-c2c(-c3ccccc3)nc(N)[n+]3c(=O)n(Cc4cccnn4)[nH]c23)cc(CO)n1. The number of rotatable bonds is 5. The van der Waals surface area contributed by atoms with Gasteiger partial charge in [-0.2, -0.15) is 14.9 Å². The molecule has 4 heterocycles. The molecule has 33 heavy (non-hydrogen) atoms. The number of nitrogen functional groups attached to an aromatic ring is 1. The van der Waals surface area contributed by atoms with Gasteiger partial charge in [-0.3, -0.25) is 4.98 Å². The van der Waals surface area contributed by atoms with Crippen LogP contribution in [-0.4, -0.2) is 35.1 Å². The van der Waals surface area contributed by atoms with Gasteiger partial charge in [0.2, 0.25) is 5.65 Å². The quantitative estimate of drug-likeness (QED) is 0.349. The van der Waals surface area contributed by atoms with Crippen LogP contribution in [0.5, 0.6) is 0 Å². The Kier molecular flexibility index (Phi) is 5.11. The normalized spacial score (nSPS) is 11.2. The summed E-state index contributed by atoms with van der Waals surface area (Å²) < 4.78 is 2.75. The van der Waals surface area contributed by atoms with Crippen LogP contribution in [0.1, 0.15) is 17.1 Å². The number of aliphatic hydroxyl groups is 1. The molecule has 5 rings (SSSR count). The van der Waals surface area contributed by atoms with Gasteiger partial charge in [0.1, 0.15) is 12.2 Å². The van der Waals surface area contributed by atoms with Crippen LogP contribution in [0.4, 0.5) is 5.95 Å². The maximum Gasteiger partial charge on any atom is 0.428 e. The first kappa shape index (κ1) is 20.5. The monoisotopic (exact) mass is 441 g/mol. The second kappa shape index (κ2) is 8.24. The molecule has 0 aliphatic rings. The minimum atomic E-state index is -0.380. The molecule has 0 bridgehead atoms. The van der Waals surface area contributed by atoms with Crippen molar-refractivity contribution >= 4 is 11.6 Å². The fourth-order valence-electron chi connectivity index (χ4n) is 3.88. The highest BCUT2D eigenvalue weighted by molar-refractivity contribution is 5.88. The van der Waals surface area contributed by atoms with E-state index in [9.17, 15) is 9.90 Å². The van der Waals surface area contributed by atoms with Crippen LogP contribution in [0.25, 0.3) is 28.0 Å². The van der Waals surface area contributed by atoms with Crippen molar-refractivity contribution in [2.75, 3.05) is 5.73 Å². The molecule has 0 aliphatic heterocycles. The largest absolute Gasteiger partial charge is 0.428 e. The van der Waals surface area contributed by atoms with Crippen molar-refractivity contribution in [1.82, 2.24) is 29.9 Å². The van der Waals surface area contributed by atoms with Crippen molar-refractivity contribution in [3.63, 3.8) is 0 Å². The number of H-pyrrole nitrogens is 1. The predicted molar refractivity (Wildman–Crippen MR) is 121 cm³/mol. The van der Waals surface area contributed by atoms with Gasteiger partial charge in [0.05, 0.1) is 23.6 Å². The fourth-order valence-corrected chi connectivity index (χ4v) is 3.88. The highest BCUT2D eigenvalue weighted by atomic mass is 16.3. The number of nitrogens with zero attached hydrogens (tertiary/aromatic N) is 6. The number of pyridine rings is 1. The smallest absolute Gasteiger partial charge is 0.390 e. The zero-order chi connectivity index (χ0) is 22.9. The molecule has 4 aromatic heterocycles. The first-order chi connectivity index (χ1) is 16.0. The number of hydrogen-bond donors (Lipinski definition) is 3. The van der Waals surface area contributed by atoms with E-state index in [1.807, 2.05) is 43.3 Å². The van der Waals surface area contributed by atoms with Gasteiger partial charge in [-0.15, -0.1) is 9.38 Å². The van der Waals surface area contributed by atoms with E-state index in [2.05, 4.69) is 25.3 Å². The van der Waals surface area contributed by atoms with E-state index in [-0.39, 0.29) is 24.8 Å². The van der Waals surface area contributed by atoms with Gasteiger partial charge >= 0.3 is 11.6 Å². The third-order valence-electron chi connectivity index (χ3n) is 5.27. The van der Waals surface area contributed by atoms with Gasteiger partial charge in [0, 0.05) is 17.5 Å². The first-order valence-electron chi connectivity index (χ1n) is 10.3. The summed E-state index contributed by atoms with van der Waals surface area (Å²) in [6, 6.07) is 16.8. The molecular weight excluding hydrogens is 420 g/mol. The van der Waals surface area contributed by atoms with E-state index < -0.39 is 0 Å². The summed E-state index contributed by atoms with van der Waals surface area (Å²) >= 11 is 0. The number of anilines is 1. The Balaban J connectivity index is 1.83. The molecule has 0 radical (unpaired) electrons. The lowest BCUT2D eigenvalue weighted by Crippen LogP contribution is -2.44. The molecule has 0 amide bonds. The Hall–Kier alpha value is -4.44. The van der Waals surface area contributed by atoms with Crippen LogP contribution < -0.4 is 15.8 Å². The van der Waals surface area contributed by atoms with Crippen LogP contribution >= 0.6 is 0 Å². The number of aliphatic hydroxyl groups excluding tert-OH is 1. The lowest BCUT2D eigenvalue weighted by atomic mass is 9.99. The van der Waals surface area contributed by atoms with E-state index in [0.29, 0.717) is 28.3 Å². The lowest BCUT2D eigenvalue weighted by molar-refractivity contribution is -0.516. The zero-order valence-corrected chi connectivity index (χ0v) is 17.8. The molecule has 0 fully saturated rings. The van der Waals surface area contributed by atoms with E-state index in [1.54, 1.807) is 24.4 Å². The van der Waals surface area contributed by atoms with Crippen molar-refractivity contribution in [1.29, 1.82) is 0 Å². The van der Waals surface area contributed by atoms with Gasteiger partial charge in [-0.25, -0.2) is 9.89 Å². The minimum absolute atomic E-state index is 0.0555. The van der Waals surface area contributed by atoms with Crippen LogP contribution in [0.15, 0.2) is 65.6 Å². The van der Waals surface area contributed by atoms with E-state index in [1.165, 1.54) is 9.08 Å². The highest BCUT2D eigenvalue weighted by Crippen LogP contribution is 2.33. The fraction of sp³-hybridized carbons (Fsp3) is 0.130. The number of fused-ring (bicyclic) bond motifs is 1. The maximum atomic E-state index is 13.2. The molecule has 0 aliphatic carbocycles. The highest BCUT2D eigenvalue weighted by Gasteiger charge is 2.26. The van der Waals surface area contributed by atoms with Crippen molar-refractivity contribution in [2.24, 2.45) is 0 Å². The van der Waals surface area contributed by atoms with Crippen molar-refractivity contribution in [3.8, 4) is 22.4 Å². The van der Waals surface area contributed by atoms with Crippen molar-refractivity contribution in [3.05, 3.63) is 88.4 Å². The molecule has 10 heteroatoms. The Labute approximate surface area is 188 Å². The lowest BCUT2D eigenvalue weighted by Gasteiger charge is -2.10. The summed E-state index contributed by atoms with van der Waals surface area (Å²) in [5.41, 5.74) is 11.1. The summed E-state index contributed by atoms with van der Waals surface area (Å²) in [5, 5.41) is 20.8. The number of hydrogen-bond acceptors (Lipinski definition) is 7. The number of aromatic amines is 1. The van der Waals surface area contributed by atoms with Crippen LogP contribution in [0, 0.1) is 6.92 Å². The molecule has 0 saturated carbocycles. The van der Waals surface area contributed by atoms with Gasteiger partial charge in [0.25, 0.3) is 0 Å². The molecule has 0 atom stereocenters. The maximum absolute atomic E-state index is 13.2. The second-order valence-electron chi connectivity index (χ2n) is 7.59. The molecular formula is C23H21N8O2+. The standard InChI is InChI=1S/C23H20N8O2/c1-14-10-16(11-18(13-32)26-14)19-20(15-6-3-2-4-7-15)27-22(24)31-21(19)29-30(23(31)33)12-17-8-5-9-25-28-17/h2-11,32H,12-13H2,1H3,(H2,24,26,27,29)/p+1. The van der Waals surface area contributed by atoms with Gasteiger partial charge in [-0.05, 0) is 36.8 Å². The third kappa shape index (κ3) is 3.72. The van der Waals surface area contributed by atoms with E-state index in [0.717, 1.165) is 16.8 Å². The Morgan fingerprint density at radius 2 is 1.88 bits per heavy atom. The summed E-state index contributed by atoms with van der Waals surface area (Å²) in [7, 11) is 0. The summed E-state index contributed by atoms with van der Waals surface area (Å²) in [4.78, 5) is 22.2. The number of benzene rings is 1. The van der Waals surface area contributed by atoms with Crippen LogP contribution in [-0.2, 0) is 13.2 Å². The van der Waals surface area contributed by atoms with Gasteiger partial charge in [0.15, 0.2) is 0 Å². The van der Waals surface area contributed by atoms with E-state index >= 15 is 0 Å². The van der Waals surface area contributed by atoms with Crippen molar-refractivity contribution in [2.45, 2.75) is 20.1 Å². The number of nitrogens with two attached hydrogens (primary N) is 1. The van der Waals surface area contributed by atoms with Gasteiger partial charge in [-0.1, -0.05) is 30.3 Å². The molecule has 4 N–H and O–H groups in total.